The Morgan fingerprint density at radius 2 is 2.03 bits per heavy atom. The average molecular weight is 517 g/mol. The van der Waals surface area contributed by atoms with Crippen LogP contribution >= 0.6 is 0 Å². The average Bonchev–Trinajstić information content (AvgIpc) is 3.33. The number of ether oxygens (including phenoxy) is 1. The van der Waals surface area contributed by atoms with Crippen molar-refractivity contribution in [2.45, 2.75) is 37.6 Å². The molecule has 1 aliphatic heterocycles. The molecule has 3 aromatic rings. The number of aliphatic imine (C=N–C) groups is 1. The second kappa shape index (κ2) is 9.41. The standard InChI is InChI=1S/C24H26F2N6O3S/c1-23(2)22(27)31-24(3,14-36(23,33)34)17-10-16(4-5-18(17)25)11-19(26)20-12-30-21(13-29-20)35-9-8-32-7-6-28-15-32/h4-7,10-13,15H,8-9,14H2,1-3H3,(H2,27,31)/b19-11-/t24-/m0/s1. The summed E-state index contributed by atoms with van der Waals surface area (Å²) in [4.78, 5) is 16.4. The highest BCUT2D eigenvalue weighted by Crippen LogP contribution is 2.38. The Hall–Kier alpha value is -3.67. The molecule has 1 aromatic carbocycles. The Labute approximate surface area is 207 Å². The quantitative estimate of drug-likeness (QED) is 0.511. The lowest BCUT2D eigenvalue weighted by atomic mass is 9.91. The van der Waals surface area contributed by atoms with E-state index in [0.29, 0.717) is 18.7 Å². The summed E-state index contributed by atoms with van der Waals surface area (Å²) in [6, 6.07) is 3.87. The van der Waals surface area contributed by atoms with Gasteiger partial charge in [-0.05, 0) is 44.5 Å². The molecule has 2 N–H and O–H groups in total. The van der Waals surface area contributed by atoms with Crippen molar-refractivity contribution in [3.05, 3.63) is 72.0 Å². The first-order valence-electron chi connectivity index (χ1n) is 11.1. The van der Waals surface area contributed by atoms with Crippen LogP contribution in [0.1, 0.15) is 37.6 Å². The maximum absolute atomic E-state index is 14.9. The van der Waals surface area contributed by atoms with E-state index in [9.17, 15) is 17.2 Å². The molecule has 0 bridgehead atoms. The van der Waals surface area contributed by atoms with E-state index in [0.717, 1.165) is 12.1 Å². The zero-order valence-corrected chi connectivity index (χ0v) is 20.8. The van der Waals surface area contributed by atoms with Gasteiger partial charge in [0.1, 0.15) is 34.2 Å². The number of hydrogen-bond acceptors (Lipinski definition) is 8. The second-order valence-corrected chi connectivity index (χ2v) is 11.7. The summed E-state index contributed by atoms with van der Waals surface area (Å²) in [6.45, 7) is 5.31. The number of nitrogens with zero attached hydrogens (tertiary/aromatic N) is 5. The summed E-state index contributed by atoms with van der Waals surface area (Å²) >= 11 is 0. The second-order valence-electron chi connectivity index (χ2n) is 9.16. The van der Waals surface area contributed by atoms with Gasteiger partial charge in [0, 0.05) is 18.0 Å². The Kier molecular flexibility index (Phi) is 6.65. The van der Waals surface area contributed by atoms with Gasteiger partial charge in [-0.2, -0.15) is 0 Å². The van der Waals surface area contributed by atoms with Crippen LogP contribution in [0.15, 0.2) is 54.3 Å². The molecule has 1 atom stereocenters. The number of sulfone groups is 1. The van der Waals surface area contributed by atoms with Crippen molar-refractivity contribution >= 4 is 27.6 Å². The summed E-state index contributed by atoms with van der Waals surface area (Å²) in [5.74, 6) is -1.69. The molecule has 12 heteroatoms. The van der Waals surface area contributed by atoms with Crippen molar-refractivity contribution in [1.82, 2.24) is 19.5 Å². The Morgan fingerprint density at radius 3 is 2.67 bits per heavy atom. The smallest absolute Gasteiger partial charge is 0.232 e. The largest absolute Gasteiger partial charge is 0.475 e. The number of hydrogen-bond donors (Lipinski definition) is 1. The predicted molar refractivity (Wildman–Crippen MR) is 132 cm³/mol. The molecule has 0 saturated carbocycles. The zero-order valence-electron chi connectivity index (χ0n) is 20.0. The fraction of sp³-hybridized carbons (Fsp3) is 0.333. The summed E-state index contributed by atoms with van der Waals surface area (Å²) in [7, 11) is -3.73. The van der Waals surface area contributed by atoms with Crippen molar-refractivity contribution in [2.75, 3.05) is 12.4 Å². The van der Waals surface area contributed by atoms with Crippen LogP contribution in [0, 0.1) is 5.82 Å². The van der Waals surface area contributed by atoms with Crippen LogP contribution in [0.5, 0.6) is 5.88 Å². The minimum Gasteiger partial charge on any atom is -0.475 e. The van der Waals surface area contributed by atoms with E-state index >= 15 is 0 Å². The maximum Gasteiger partial charge on any atom is 0.232 e. The summed E-state index contributed by atoms with van der Waals surface area (Å²) in [5, 5.41) is 0. The van der Waals surface area contributed by atoms with E-state index in [2.05, 4.69) is 19.9 Å². The van der Waals surface area contributed by atoms with Crippen LogP contribution in [0.25, 0.3) is 11.9 Å². The lowest BCUT2D eigenvalue weighted by Gasteiger charge is -2.38. The van der Waals surface area contributed by atoms with Crippen molar-refractivity contribution < 1.29 is 21.9 Å². The molecule has 1 aliphatic rings. The van der Waals surface area contributed by atoms with Crippen LogP contribution in [0.2, 0.25) is 0 Å². The number of aromatic nitrogens is 4. The third kappa shape index (κ3) is 4.99. The van der Waals surface area contributed by atoms with Crippen molar-refractivity contribution in [2.24, 2.45) is 10.7 Å². The van der Waals surface area contributed by atoms with Crippen LogP contribution in [0.3, 0.4) is 0 Å². The van der Waals surface area contributed by atoms with Gasteiger partial charge in [0.2, 0.25) is 5.88 Å². The third-order valence-electron chi connectivity index (χ3n) is 6.13. The molecule has 9 nitrogen and oxygen atoms in total. The molecule has 4 rings (SSSR count). The summed E-state index contributed by atoms with van der Waals surface area (Å²) in [5.41, 5.74) is 4.75. The van der Waals surface area contributed by atoms with Crippen molar-refractivity contribution in [3.63, 3.8) is 0 Å². The first-order chi connectivity index (χ1) is 16.9. The van der Waals surface area contributed by atoms with E-state index < -0.39 is 37.5 Å². The monoisotopic (exact) mass is 516 g/mol. The zero-order chi connectivity index (χ0) is 26.1. The van der Waals surface area contributed by atoms with E-state index in [1.165, 1.54) is 45.3 Å². The Balaban J connectivity index is 1.54. The molecule has 0 saturated heterocycles. The number of nitrogens with two attached hydrogens (primary N) is 1. The van der Waals surface area contributed by atoms with Crippen molar-refractivity contribution in [1.29, 1.82) is 0 Å². The molecule has 0 amide bonds. The molecule has 190 valence electrons. The SMILES string of the molecule is CC1(C)C(N)=N[C@](C)(c2cc(/C=C(\F)c3cnc(OCCn4ccnc4)cn3)ccc2F)CS1(=O)=O. The van der Waals surface area contributed by atoms with E-state index in [1.807, 2.05) is 4.57 Å². The third-order valence-corrected chi connectivity index (χ3v) is 8.83. The molecular formula is C24H26F2N6O3S. The molecule has 36 heavy (non-hydrogen) atoms. The number of halogens is 2. The van der Waals surface area contributed by atoms with Crippen LogP contribution in [0.4, 0.5) is 8.78 Å². The normalized spacial score (nSPS) is 21.1. The number of imidazole rings is 1. The number of amidine groups is 1. The highest BCUT2D eigenvalue weighted by Gasteiger charge is 2.49. The van der Waals surface area contributed by atoms with Crippen LogP contribution in [-0.4, -0.2) is 50.9 Å². The van der Waals surface area contributed by atoms with Gasteiger partial charge in [-0.15, -0.1) is 0 Å². The molecular weight excluding hydrogens is 490 g/mol. The van der Waals surface area contributed by atoms with Gasteiger partial charge < -0.3 is 15.0 Å². The van der Waals surface area contributed by atoms with Crippen LogP contribution < -0.4 is 10.5 Å². The molecule has 2 aromatic heterocycles. The fourth-order valence-electron chi connectivity index (χ4n) is 3.73. The van der Waals surface area contributed by atoms with E-state index in [1.54, 1.807) is 18.7 Å². The predicted octanol–water partition coefficient (Wildman–Crippen LogP) is 3.14. The molecule has 0 spiro atoms. The van der Waals surface area contributed by atoms with Gasteiger partial charge in [-0.25, -0.2) is 32.2 Å². The fourth-order valence-corrected chi connectivity index (χ4v) is 5.42. The molecule has 3 heterocycles. The highest BCUT2D eigenvalue weighted by atomic mass is 32.2. The summed E-state index contributed by atoms with van der Waals surface area (Å²) in [6.07, 6.45) is 8.81. The minimum atomic E-state index is -3.73. The summed E-state index contributed by atoms with van der Waals surface area (Å²) < 4.78 is 61.4. The Morgan fingerprint density at radius 1 is 1.25 bits per heavy atom. The van der Waals surface area contributed by atoms with Gasteiger partial charge >= 0.3 is 0 Å². The van der Waals surface area contributed by atoms with Gasteiger partial charge in [0.15, 0.2) is 15.7 Å². The van der Waals surface area contributed by atoms with Gasteiger partial charge in [-0.1, -0.05) is 6.07 Å². The van der Waals surface area contributed by atoms with Crippen molar-refractivity contribution in [3.8, 4) is 5.88 Å². The Bertz CT molecular complexity index is 1420. The topological polar surface area (TPSA) is 125 Å². The number of rotatable bonds is 7. The maximum atomic E-state index is 14.9. The van der Waals surface area contributed by atoms with E-state index in [-0.39, 0.29) is 23.0 Å². The lowest BCUT2D eigenvalue weighted by molar-refractivity contribution is 0.286. The first kappa shape index (κ1) is 25.4. The van der Waals surface area contributed by atoms with Gasteiger partial charge in [-0.3, -0.25) is 4.99 Å². The van der Waals surface area contributed by atoms with E-state index in [4.69, 9.17) is 10.5 Å². The molecule has 0 radical (unpaired) electrons. The molecule has 0 unspecified atom stereocenters. The first-order valence-corrected chi connectivity index (χ1v) is 12.7. The van der Waals surface area contributed by atoms with Crippen LogP contribution in [-0.2, 0) is 21.9 Å². The molecule has 0 fully saturated rings. The number of benzene rings is 1. The van der Waals surface area contributed by atoms with Gasteiger partial charge in [0.25, 0.3) is 0 Å². The highest BCUT2D eigenvalue weighted by molar-refractivity contribution is 7.93. The minimum absolute atomic E-state index is 0.00111. The lowest BCUT2D eigenvalue weighted by Crippen LogP contribution is -2.55. The van der Waals surface area contributed by atoms with Gasteiger partial charge in [0.05, 0.1) is 31.0 Å². The molecule has 0 aliphatic carbocycles.